The minimum absolute atomic E-state index is 0.00780. The summed E-state index contributed by atoms with van der Waals surface area (Å²) in [6, 6.07) is 0.884. The molecule has 0 aromatic rings. The molecule has 0 aromatic carbocycles. The molecule has 0 radical (unpaired) electrons. The molecule has 1 saturated carbocycles. The molecule has 0 bridgehead atoms. The van der Waals surface area contributed by atoms with E-state index in [0.29, 0.717) is 6.54 Å². The third kappa shape index (κ3) is 2.31. The number of rotatable bonds is 3. The highest BCUT2D eigenvalue weighted by molar-refractivity contribution is 5.14. The normalized spacial score (nSPS) is 38.2. The molecule has 3 rings (SSSR count). The van der Waals surface area contributed by atoms with Gasteiger partial charge in [0.2, 0.25) is 0 Å². The van der Waals surface area contributed by atoms with Gasteiger partial charge >= 0.3 is 0 Å². The van der Waals surface area contributed by atoms with Crippen LogP contribution in [-0.2, 0) is 4.74 Å². The summed E-state index contributed by atoms with van der Waals surface area (Å²) in [5.74, 6) is 0. The third-order valence-corrected chi connectivity index (χ3v) is 5.69. The van der Waals surface area contributed by atoms with E-state index < -0.39 is 0 Å². The minimum atomic E-state index is -0.174. The van der Waals surface area contributed by atoms with E-state index in [-0.39, 0.29) is 16.7 Å². The first-order valence-corrected chi connectivity index (χ1v) is 8.19. The summed E-state index contributed by atoms with van der Waals surface area (Å²) in [7, 11) is 0. The standard InChI is InChI=1S/C16H31N3O/c1-14(2)11-16(12-17,15(3,4)20-14)19-9-7-18(8-10-19)13-5-6-13/h13H,5-12,17H2,1-4H3. The third-order valence-electron chi connectivity index (χ3n) is 5.69. The van der Waals surface area contributed by atoms with Crippen LogP contribution >= 0.6 is 0 Å². The maximum atomic E-state index is 6.35. The van der Waals surface area contributed by atoms with Crippen LogP contribution in [0.5, 0.6) is 0 Å². The molecule has 116 valence electrons. The van der Waals surface area contributed by atoms with Crippen LogP contribution in [0.15, 0.2) is 0 Å². The first-order valence-electron chi connectivity index (χ1n) is 8.19. The fraction of sp³-hybridized carbons (Fsp3) is 1.00. The van der Waals surface area contributed by atoms with Gasteiger partial charge < -0.3 is 10.5 Å². The van der Waals surface area contributed by atoms with Gasteiger partial charge in [0.15, 0.2) is 0 Å². The Kier molecular flexibility index (Phi) is 3.45. The average molecular weight is 281 g/mol. The van der Waals surface area contributed by atoms with Crippen molar-refractivity contribution in [3.8, 4) is 0 Å². The maximum absolute atomic E-state index is 6.35. The van der Waals surface area contributed by atoms with Gasteiger partial charge in [-0.25, -0.2) is 0 Å². The topological polar surface area (TPSA) is 41.7 Å². The Morgan fingerprint density at radius 2 is 1.65 bits per heavy atom. The fourth-order valence-corrected chi connectivity index (χ4v) is 4.63. The van der Waals surface area contributed by atoms with Crippen molar-refractivity contribution in [2.45, 2.75) is 69.7 Å². The van der Waals surface area contributed by atoms with Crippen molar-refractivity contribution < 1.29 is 4.74 Å². The summed E-state index contributed by atoms with van der Waals surface area (Å²) in [4.78, 5) is 5.29. The Labute approximate surface area is 123 Å². The Hall–Kier alpha value is -0.160. The number of hydrogen-bond acceptors (Lipinski definition) is 4. The second-order valence-electron chi connectivity index (χ2n) is 8.04. The van der Waals surface area contributed by atoms with Crippen molar-refractivity contribution in [2.24, 2.45) is 5.73 Å². The van der Waals surface area contributed by atoms with Gasteiger partial charge in [0.1, 0.15) is 0 Å². The Bertz CT molecular complexity index is 370. The molecule has 4 nitrogen and oxygen atoms in total. The zero-order valence-corrected chi connectivity index (χ0v) is 13.6. The highest BCUT2D eigenvalue weighted by Gasteiger charge is 2.59. The van der Waals surface area contributed by atoms with Crippen molar-refractivity contribution in [1.29, 1.82) is 0 Å². The highest BCUT2D eigenvalue weighted by Crippen LogP contribution is 2.48. The molecule has 2 aliphatic heterocycles. The van der Waals surface area contributed by atoms with Crippen LogP contribution in [0.4, 0.5) is 0 Å². The van der Waals surface area contributed by atoms with Crippen LogP contribution in [0.1, 0.15) is 47.0 Å². The summed E-state index contributed by atoms with van der Waals surface area (Å²) in [5, 5.41) is 0. The molecular formula is C16H31N3O. The Balaban J connectivity index is 1.76. The van der Waals surface area contributed by atoms with E-state index >= 15 is 0 Å². The lowest BCUT2D eigenvalue weighted by Crippen LogP contribution is -2.67. The van der Waals surface area contributed by atoms with Crippen LogP contribution in [0.3, 0.4) is 0 Å². The van der Waals surface area contributed by atoms with Gasteiger partial charge in [0.25, 0.3) is 0 Å². The molecule has 0 spiro atoms. The van der Waals surface area contributed by atoms with Crippen LogP contribution in [-0.4, -0.2) is 65.3 Å². The zero-order chi connectivity index (χ0) is 14.6. The summed E-state index contributed by atoms with van der Waals surface area (Å²) < 4.78 is 6.35. The van der Waals surface area contributed by atoms with Gasteiger partial charge in [-0.2, -0.15) is 0 Å². The van der Waals surface area contributed by atoms with Crippen molar-refractivity contribution in [3.05, 3.63) is 0 Å². The molecule has 2 N–H and O–H groups in total. The molecule has 0 amide bonds. The molecule has 20 heavy (non-hydrogen) atoms. The molecule has 3 fully saturated rings. The van der Waals surface area contributed by atoms with Crippen molar-refractivity contribution in [1.82, 2.24) is 9.80 Å². The fourth-order valence-electron chi connectivity index (χ4n) is 4.63. The molecule has 4 heteroatoms. The van der Waals surface area contributed by atoms with E-state index in [0.717, 1.165) is 25.6 Å². The first-order chi connectivity index (χ1) is 9.30. The van der Waals surface area contributed by atoms with Gasteiger partial charge in [-0.05, 0) is 47.0 Å². The van der Waals surface area contributed by atoms with Crippen LogP contribution < -0.4 is 5.73 Å². The lowest BCUT2D eigenvalue weighted by molar-refractivity contribution is -0.109. The number of ether oxygens (including phenoxy) is 1. The summed E-state index contributed by atoms with van der Waals surface area (Å²) in [5.41, 5.74) is 6.01. The number of nitrogens with two attached hydrogens (primary N) is 1. The quantitative estimate of drug-likeness (QED) is 0.850. The van der Waals surface area contributed by atoms with Crippen LogP contribution in [0.2, 0.25) is 0 Å². The van der Waals surface area contributed by atoms with E-state index in [1.54, 1.807) is 0 Å². The predicted molar refractivity (Wildman–Crippen MR) is 81.8 cm³/mol. The van der Waals surface area contributed by atoms with Crippen LogP contribution in [0, 0.1) is 0 Å². The SMILES string of the molecule is CC1(C)CC(CN)(N2CCN(C3CC3)CC2)C(C)(C)O1. The second-order valence-corrected chi connectivity index (χ2v) is 8.04. The lowest BCUT2D eigenvalue weighted by Gasteiger charge is -2.50. The van der Waals surface area contributed by atoms with E-state index in [9.17, 15) is 0 Å². The van der Waals surface area contributed by atoms with Gasteiger partial charge in [-0.15, -0.1) is 0 Å². The molecule has 0 aromatic heterocycles. The summed E-state index contributed by atoms with van der Waals surface area (Å²) >= 11 is 0. The second kappa shape index (κ2) is 4.67. The average Bonchev–Trinajstić information content (AvgIpc) is 3.16. The van der Waals surface area contributed by atoms with E-state index in [4.69, 9.17) is 10.5 Å². The summed E-state index contributed by atoms with van der Waals surface area (Å²) in [6.07, 6.45) is 3.85. The molecule has 2 saturated heterocycles. The van der Waals surface area contributed by atoms with Gasteiger partial charge in [0.05, 0.1) is 16.7 Å². The number of hydrogen-bond donors (Lipinski definition) is 1. The molecule has 2 heterocycles. The van der Waals surface area contributed by atoms with Crippen LogP contribution in [0.25, 0.3) is 0 Å². The zero-order valence-electron chi connectivity index (χ0n) is 13.6. The van der Waals surface area contributed by atoms with Crippen molar-refractivity contribution in [3.63, 3.8) is 0 Å². The van der Waals surface area contributed by atoms with Gasteiger partial charge in [-0.1, -0.05) is 0 Å². The van der Waals surface area contributed by atoms with Gasteiger partial charge in [-0.3, -0.25) is 9.80 Å². The molecule has 1 aliphatic carbocycles. The van der Waals surface area contributed by atoms with E-state index in [2.05, 4.69) is 37.5 Å². The molecule has 1 atom stereocenters. The summed E-state index contributed by atoms with van der Waals surface area (Å²) in [6.45, 7) is 14.2. The first kappa shape index (κ1) is 14.8. The van der Waals surface area contributed by atoms with Gasteiger partial charge in [0, 0.05) is 38.8 Å². The Morgan fingerprint density at radius 1 is 1.05 bits per heavy atom. The number of piperazine rings is 1. The Morgan fingerprint density at radius 3 is 2.05 bits per heavy atom. The van der Waals surface area contributed by atoms with E-state index in [1.807, 2.05) is 0 Å². The smallest absolute Gasteiger partial charge is 0.0830 e. The lowest BCUT2D eigenvalue weighted by atomic mass is 9.77. The monoisotopic (exact) mass is 281 g/mol. The molecule has 1 unspecified atom stereocenters. The van der Waals surface area contributed by atoms with E-state index in [1.165, 1.54) is 25.9 Å². The highest BCUT2D eigenvalue weighted by atomic mass is 16.5. The molecular weight excluding hydrogens is 250 g/mol. The largest absolute Gasteiger partial charge is 0.368 e. The molecule has 3 aliphatic rings. The predicted octanol–water partition coefficient (Wildman–Crippen LogP) is 1.44. The maximum Gasteiger partial charge on any atom is 0.0830 e. The van der Waals surface area contributed by atoms with Crippen molar-refractivity contribution in [2.75, 3.05) is 32.7 Å². The minimum Gasteiger partial charge on any atom is -0.368 e. The number of nitrogens with zero attached hydrogens (tertiary/aromatic N) is 2. The van der Waals surface area contributed by atoms with Crippen molar-refractivity contribution >= 4 is 0 Å².